The van der Waals surface area contributed by atoms with Crippen LogP contribution in [-0.4, -0.2) is 33.6 Å². The summed E-state index contributed by atoms with van der Waals surface area (Å²) >= 11 is 0. The molecule has 7 atom stereocenters. The van der Waals surface area contributed by atoms with Crippen molar-refractivity contribution in [1.82, 2.24) is 0 Å². The fourth-order valence-corrected chi connectivity index (χ4v) is 8.17. The lowest BCUT2D eigenvalue weighted by molar-refractivity contribution is 0.0862. The highest BCUT2D eigenvalue weighted by Gasteiger charge is 2.51. The number of aliphatic hydroxyl groups excluding tert-OH is 3. The number of hydrogen-bond donors (Lipinski definition) is 3. The topological polar surface area (TPSA) is 60.7 Å². The molecule has 38 heavy (non-hydrogen) atoms. The second-order valence-electron chi connectivity index (χ2n) is 13.1. The summed E-state index contributed by atoms with van der Waals surface area (Å²) in [6.45, 7) is 11.1. The van der Waals surface area contributed by atoms with Crippen LogP contribution in [0.5, 0.6) is 0 Å². The van der Waals surface area contributed by atoms with E-state index in [0.29, 0.717) is 30.6 Å². The second-order valence-corrected chi connectivity index (χ2v) is 13.1. The van der Waals surface area contributed by atoms with Crippen LogP contribution in [0, 0.1) is 23.2 Å². The van der Waals surface area contributed by atoms with Gasteiger partial charge in [-0.15, -0.1) is 0 Å². The summed E-state index contributed by atoms with van der Waals surface area (Å²) in [5.41, 5.74) is 6.10. The maximum Gasteiger partial charge on any atom is 0.0817 e. The lowest BCUT2D eigenvalue weighted by atomic mass is 9.61. The fraction of sp³-hybridized carbons (Fsp3) is 0.600. The standard InChI is InChI=1S/C35H48O3/c1-5-25-9-13-28(14-10-25)35(19-20-35)33(38)17-8-23(2)30-15-16-31-26(7-6-18-34(30,31)4)11-12-27-21-29(36)22-32(37)24(27)3/h8-14,17,23,29-33,36-38H,3,5-7,15-16,18-22H2,1-2,4H3/b17-8+,26-11+,27-12-/t23-,29-,30-,31+,32+,33+,34-/m1/s1. The number of aryl methyl sites for hydroxylation is 1. The van der Waals surface area contributed by atoms with E-state index in [1.165, 1.54) is 42.4 Å². The third-order valence-corrected chi connectivity index (χ3v) is 10.8. The molecule has 0 aliphatic heterocycles. The van der Waals surface area contributed by atoms with E-state index in [4.69, 9.17) is 0 Å². The van der Waals surface area contributed by atoms with Gasteiger partial charge < -0.3 is 15.3 Å². The van der Waals surface area contributed by atoms with Crippen LogP contribution >= 0.6 is 0 Å². The minimum absolute atomic E-state index is 0.0941. The zero-order chi connectivity index (χ0) is 27.1. The zero-order valence-electron chi connectivity index (χ0n) is 23.7. The summed E-state index contributed by atoms with van der Waals surface area (Å²) in [6.07, 6.45) is 17.5. The van der Waals surface area contributed by atoms with Crippen molar-refractivity contribution in [2.24, 2.45) is 23.2 Å². The van der Waals surface area contributed by atoms with Crippen molar-refractivity contribution in [3.63, 3.8) is 0 Å². The highest BCUT2D eigenvalue weighted by atomic mass is 16.3. The quantitative estimate of drug-likeness (QED) is 0.343. The molecule has 4 aliphatic carbocycles. The van der Waals surface area contributed by atoms with E-state index in [1.54, 1.807) is 0 Å². The lowest BCUT2D eigenvalue weighted by Crippen LogP contribution is -2.35. The number of hydrogen-bond acceptors (Lipinski definition) is 3. The van der Waals surface area contributed by atoms with Crippen LogP contribution in [0.15, 0.2) is 71.9 Å². The smallest absolute Gasteiger partial charge is 0.0817 e. The average molecular weight is 517 g/mol. The molecule has 0 radical (unpaired) electrons. The first-order valence-corrected chi connectivity index (χ1v) is 15.1. The molecular formula is C35H48O3. The van der Waals surface area contributed by atoms with Crippen LogP contribution in [0.3, 0.4) is 0 Å². The van der Waals surface area contributed by atoms with E-state index in [2.05, 4.69) is 75.9 Å². The molecule has 4 saturated carbocycles. The summed E-state index contributed by atoms with van der Waals surface area (Å²) in [6, 6.07) is 8.88. The molecule has 1 aromatic rings. The molecular weight excluding hydrogens is 468 g/mol. The summed E-state index contributed by atoms with van der Waals surface area (Å²) in [7, 11) is 0. The van der Waals surface area contributed by atoms with Crippen LogP contribution in [0.2, 0.25) is 0 Å². The fourth-order valence-electron chi connectivity index (χ4n) is 8.17. The molecule has 4 aliphatic rings. The van der Waals surface area contributed by atoms with Gasteiger partial charge in [0.05, 0.1) is 18.3 Å². The Morgan fingerprint density at radius 1 is 1.05 bits per heavy atom. The highest BCUT2D eigenvalue weighted by molar-refractivity contribution is 5.39. The molecule has 3 N–H and O–H groups in total. The van der Waals surface area contributed by atoms with Crippen molar-refractivity contribution in [2.75, 3.05) is 0 Å². The van der Waals surface area contributed by atoms with Gasteiger partial charge in [0, 0.05) is 11.8 Å². The molecule has 0 saturated heterocycles. The van der Waals surface area contributed by atoms with Gasteiger partial charge in [-0.1, -0.05) is 81.5 Å². The molecule has 4 fully saturated rings. The van der Waals surface area contributed by atoms with Crippen molar-refractivity contribution in [1.29, 1.82) is 0 Å². The minimum atomic E-state index is -0.635. The first kappa shape index (κ1) is 27.6. The number of benzene rings is 1. The van der Waals surface area contributed by atoms with Crippen LogP contribution in [0.1, 0.15) is 89.7 Å². The Labute approximate surface area is 230 Å². The summed E-state index contributed by atoms with van der Waals surface area (Å²) in [4.78, 5) is 0. The normalized spacial score (nSPS) is 36.5. The molecule has 0 spiro atoms. The second kappa shape index (κ2) is 10.9. The summed E-state index contributed by atoms with van der Waals surface area (Å²) in [5, 5.41) is 31.6. The monoisotopic (exact) mass is 516 g/mol. The van der Waals surface area contributed by atoms with Crippen LogP contribution in [-0.2, 0) is 11.8 Å². The molecule has 0 bridgehead atoms. The number of aliphatic hydroxyl groups is 3. The molecule has 1 aromatic carbocycles. The van der Waals surface area contributed by atoms with Crippen LogP contribution in [0.4, 0.5) is 0 Å². The molecule has 0 heterocycles. The first-order valence-electron chi connectivity index (χ1n) is 15.1. The van der Waals surface area contributed by atoms with Crippen molar-refractivity contribution in [2.45, 2.75) is 109 Å². The largest absolute Gasteiger partial charge is 0.393 e. The molecule has 206 valence electrons. The lowest BCUT2D eigenvalue weighted by Gasteiger charge is -2.44. The van der Waals surface area contributed by atoms with Gasteiger partial charge in [0.2, 0.25) is 0 Å². The molecule has 3 heteroatoms. The van der Waals surface area contributed by atoms with Gasteiger partial charge in [0.1, 0.15) is 0 Å². The number of allylic oxidation sites excluding steroid dienone is 4. The summed E-state index contributed by atoms with van der Waals surface area (Å²) in [5.74, 6) is 1.62. The predicted octanol–water partition coefficient (Wildman–Crippen LogP) is 6.97. The zero-order valence-corrected chi connectivity index (χ0v) is 23.7. The van der Waals surface area contributed by atoms with Crippen LogP contribution in [0.25, 0.3) is 0 Å². The van der Waals surface area contributed by atoms with Crippen LogP contribution < -0.4 is 0 Å². The highest BCUT2D eigenvalue weighted by Crippen LogP contribution is 2.60. The SMILES string of the molecule is C=C1/C(=C\C=C2/CCC[C@]3(C)[C@@H]([C@H](C)/C=C/[C@H](O)C4(c5ccc(CC)cc5)CC4)CC[C@@H]23)C[C@@H](O)C[C@@H]1O. The first-order chi connectivity index (χ1) is 18.2. The number of fused-ring (bicyclic) bond motifs is 1. The van der Waals surface area contributed by atoms with Gasteiger partial charge in [-0.3, -0.25) is 0 Å². The van der Waals surface area contributed by atoms with Gasteiger partial charge in [0.15, 0.2) is 0 Å². The Hall–Kier alpha value is -1.94. The summed E-state index contributed by atoms with van der Waals surface area (Å²) < 4.78 is 0. The molecule has 5 rings (SSSR count). The number of rotatable bonds is 7. The van der Waals surface area contributed by atoms with Gasteiger partial charge in [0.25, 0.3) is 0 Å². The van der Waals surface area contributed by atoms with E-state index in [-0.39, 0.29) is 10.8 Å². The maximum atomic E-state index is 11.3. The van der Waals surface area contributed by atoms with Crippen molar-refractivity contribution < 1.29 is 15.3 Å². The van der Waals surface area contributed by atoms with Gasteiger partial charge in [-0.2, -0.15) is 0 Å². The Kier molecular flexibility index (Phi) is 7.93. The van der Waals surface area contributed by atoms with Crippen molar-refractivity contribution >= 4 is 0 Å². The van der Waals surface area contributed by atoms with Gasteiger partial charge in [-0.25, -0.2) is 0 Å². The third-order valence-electron chi connectivity index (χ3n) is 10.8. The van der Waals surface area contributed by atoms with E-state index in [1.807, 2.05) is 0 Å². The molecule has 3 nitrogen and oxygen atoms in total. The van der Waals surface area contributed by atoms with E-state index >= 15 is 0 Å². The van der Waals surface area contributed by atoms with Crippen molar-refractivity contribution in [3.8, 4) is 0 Å². The average Bonchev–Trinajstić information content (AvgIpc) is 3.64. The van der Waals surface area contributed by atoms with E-state index in [9.17, 15) is 15.3 Å². The van der Waals surface area contributed by atoms with Crippen molar-refractivity contribution in [3.05, 3.63) is 83.0 Å². The molecule has 0 amide bonds. The minimum Gasteiger partial charge on any atom is -0.393 e. The Bertz CT molecular complexity index is 1100. The Balaban J connectivity index is 1.28. The molecule has 0 aromatic heterocycles. The van der Waals surface area contributed by atoms with Gasteiger partial charge in [-0.05, 0) is 103 Å². The maximum absolute atomic E-state index is 11.3. The van der Waals surface area contributed by atoms with E-state index < -0.39 is 18.3 Å². The predicted molar refractivity (Wildman–Crippen MR) is 156 cm³/mol. The third kappa shape index (κ3) is 5.15. The van der Waals surface area contributed by atoms with Gasteiger partial charge >= 0.3 is 0 Å². The molecule has 0 unspecified atom stereocenters. The van der Waals surface area contributed by atoms with E-state index in [0.717, 1.165) is 36.8 Å². The Morgan fingerprint density at radius 3 is 2.47 bits per heavy atom. The Morgan fingerprint density at radius 2 is 1.79 bits per heavy atom.